The van der Waals surface area contributed by atoms with Crippen LogP contribution in [0.4, 0.5) is 0 Å². The summed E-state index contributed by atoms with van der Waals surface area (Å²) in [6.45, 7) is 3.52. The van der Waals surface area contributed by atoms with E-state index in [-0.39, 0.29) is 22.7 Å². The molecule has 112 valence electrons. The largest absolute Gasteiger partial charge is 0.478 e. The summed E-state index contributed by atoms with van der Waals surface area (Å²) in [5.41, 5.74) is 0.375. The molecule has 0 aliphatic carbocycles. The number of carbonyl (C=O) groups is 2. The number of carboxylic acids is 1. The molecule has 8 heteroatoms. The molecule has 1 aromatic heterocycles. The van der Waals surface area contributed by atoms with Crippen molar-refractivity contribution in [3.63, 3.8) is 0 Å². The molecule has 0 bridgehead atoms. The Kier molecular flexibility index (Phi) is 9.54. The Morgan fingerprint density at radius 2 is 2.05 bits per heavy atom. The Labute approximate surface area is 135 Å². The zero-order valence-electron chi connectivity index (χ0n) is 10.9. The smallest absolute Gasteiger partial charge is 0.357 e. The van der Waals surface area contributed by atoms with Crippen molar-refractivity contribution in [3.8, 4) is 0 Å². The standard InChI is InChI=1S/C10H10BrNO4.C2H4Cl2/c1-2-16-10(15)8-7(9(13)14)3-6(4-11)5-12-8;1-2(3)4/h3,5H,2,4H2,1H3,(H,13,14);2H,1H3. The number of carboxylic acid groups (broad SMARTS) is 1. The molecule has 0 saturated carbocycles. The first kappa shape index (κ1) is 19.1. The van der Waals surface area contributed by atoms with Crippen molar-refractivity contribution in [2.45, 2.75) is 24.0 Å². The first-order valence-corrected chi connectivity index (χ1v) is 7.56. The first-order valence-electron chi connectivity index (χ1n) is 5.56. The van der Waals surface area contributed by atoms with E-state index in [9.17, 15) is 9.59 Å². The van der Waals surface area contributed by atoms with E-state index in [0.717, 1.165) is 0 Å². The zero-order chi connectivity index (χ0) is 15.7. The van der Waals surface area contributed by atoms with Gasteiger partial charge in [0.2, 0.25) is 0 Å². The molecule has 0 saturated heterocycles. The third-order valence-electron chi connectivity index (χ3n) is 1.80. The fourth-order valence-electron chi connectivity index (χ4n) is 1.11. The van der Waals surface area contributed by atoms with Crippen molar-refractivity contribution < 1.29 is 19.4 Å². The normalized spacial score (nSPS) is 9.70. The number of hydrogen-bond acceptors (Lipinski definition) is 4. The summed E-state index contributed by atoms with van der Waals surface area (Å²) in [4.78, 5) is 25.9. The Bertz CT molecular complexity index is 466. The highest BCUT2D eigenvalue weighted by Gasteiger charge is 2.19. The van der Waals surface area contributed by atoms with Crippen molar-refractivity contribution in [1.29, 1.82) is 0 Å². The van der Waals surface area contributed by atoms with Crippen LogP contribution >= 0.6 is 39.1 Å². The highest BCUT2D eigenvalue weighted by atomic mass is 79.9. The number of halogens is 3. The number of pyridine rings is 1. The van der Waals surface area contributed by atoms with E-state index in [4.69, 9.17) is 33.0 Å². The quantitative estimate of drug-likeness (QED) is 0.631. The zero-order valence-corrected chi connectivity index (χ0v) is 14.0. The van der Waals surface area contributed by atoms with Gasteiger partial charge in [-0.25, -0.2) is 14.6 Å². The molecule has 0 atom stereocenters. The summed E-state index contributed by atoms with van der Waals surface area (Å²) in [5.74, 6) is -1.92. The lowest BCUT2D eigenvalue weighted by atomic mass is 10.1. The minimum atomic E-state index is -1.20. The predicted molar refractivity (Wildman–Crippen MR) is 81.0 cm³/mol. The summed E-state index contributed by atoms with van der Waals surface area (Å²) in [7, 11) is 0. The van der Waals surface area contributed by atoms with Crippen LogP contribution in [0.15, 0.2) is 12.3 Å². The van der Waals surface area contributed by atoms with Crippen LogP contribution in [0.25, 0.3) is 0 Å². The first-order chi connectivity index (χ1) is 9.33. The number of aromatic nitrogens is 1. The van der Waals surface area contributed by atoms with Gasteiger partial charge in [-0.15, -0.1) is 23.2 Å². The minimum absolute atomic E-state index is 0.143. The molecule has 0 spiro atoms. The van der Waals surface area contributed by atoms with Crippen LogP contribution in [0.5, 0.6) is 0 Å². The fourth-order valence-corrected chi connectivity index (χ4v) is 1.41. The molecular formula is C12H14BrCl2NO4. The number of carbonyl (C=O) groups excluding carboxylic acids is 1. The third kappa shape index (κ3) is 7.07. The molecule has 0 fully saturated rings. The van der Waals surface area contributed by atoms with Gasteiger partial charge in [-0.3, -0.25) is 0 Å². The molecule has 5 nitrogen and oxygen atoms in total. The highest BCUT2D eigenvalue weighted by molar-refractivity contribution is 9.08. The molecule has 0 aliphatic rings. The van der Waals surface area contributed by atoms with E-state index in [0.29, 0.717) is 10.9 Å². The summed E-state index contributed by atoms with van der Waals surface area (Å²) in [6, 6.07) is 1.40. The van der Waals surface area contributed by atoms with Crippen LogP contribution in [0.3, 0.4) is 0 Å². The van der Waals surface area contributed by atoms with Gasteiger partial charge in [0.25, 0.3) is 0 Å². The Morgan fingerprint density at radius 1 is 1.50 bits per heavy atom. The lowest BCUT2D eigenvalue weighted by Crippen LogP contribution is -2.14. The van der Waals surface area contributed by atoms with Crippen molar-refractivity contribution in [2.24, 2.45) is 0 Å². The fraction of sp³-hybridized carbons (Fsp3) is 0.417. The van der Waals surface area contributed by atoms with E-state index in [1.54, 1.807) is 13.8 Å². The SMILES string of the molecule is CC(Cl)Cl.CCOC(=O)c1ncc(CBr)cc1C(=O)O. The summed E-state index contributed by atoms with van der Waals surface area (Å²) >= 11 is 13.3. The second-order valence-corrected chi connectivity index (χ2v) is 5.51. The summed E-state index contributed by atoms with van der Waals surface area (Å²) < 4.78 is 4.72. The summed E-state index contributed by atoms with van der Waals surface area (Å²) in [6.07, 6.45) is 1.44. The van der Waals surface area contributed by atoms with Gasteiger partial charge in [-0.2, -0.15) is 0 Å². The van der Waals surface area contributed by atoms with Gasteiger partial charge < -0.3 is 9.84 Å². The van der Waals surface area contributed by atoms with Gasteiger partial charge in [0.05, 0.1) is 12.2 Å². The molecule has 1 rings (SSSR count). The molecule has 0 aromatic carbocycles. The van der Waals surface area contributed by atoms with E-state index in [2.05, 4.69) is 20.9 Å². The van der Waals surface area contributed by atoms with Gasteiger partial charge in [0.15, 0.2) is 5.69 Å². The number of hydrogen-bond donors (Lipinski definition) is 1. The Balaban J connectivity index is 0.000000796. The van der Waals surface area contributed by atoms with Crippen LogP contribution in [-0.2, 0) is 10.1 Å². The Hall–Kier alpha value is -0.850. The average molecular weight is 387 g/mol. The van der Waals surface area contributed by atoms with Crippen molar-refractivity contribution >= 4 is 51.1 Å². The lowest BCUT2D eigenvalue weighted by Gasteiger charge is -2.05. The number of aromatic carboxylic acids is 1. The molecule has 0 unspecified atom stereocenters. The minimum Gasteiger partial charge on any atom is -0.478 e. The van der Waals surface area contributed by atoms with Gasteiger partial charge in [-0.1, -0.05) is 15.9 Å². The topological polar surface area (TPSA) is 76.5 Å². The van der Waals surface area contributed by atoms with Crippen molar-refractivity contribution in [2.75, 3.05) is 6.61 Å². The van der Waals surface area contributed by atoms with Gasteiger partial charge >= 0.3 is 11.9 Å². The molecule has 0 amide bonds. The van der Waals surface area contributed by atoms with Gasteiger partial charge in [-0.05, 0) is 25.5 Å². The van der Waals surface area contributed by atoms with Crippen LogP contribution in [0.2, 0.25) is 0 Å². The maximum absolute atomic E-state index is 11.4. The van der Waals surface area contributed by atoms with Gasteiger partial charge in [0.1, 0.15) is 4.84 Å². The summed E-state index contributed by atoms with van der Waals surface area (Å²) in [5, 5.41) is 9.42. The van der Waals surface area contributed by atoms with E-state index in [1.807, 2.05) is 0 Å². The third-order valence-corrected chi connectivity index (χ3v) is 2.45. The number of nitrogens with zero attached hydrogens (tertiary/aromatic N) is 1. The second-order valence-electron chi connectivity index (χ2n) is 3.42. The average Bonchev–Trinajstić information content (AvgIpc) is 2.37. The molecular weight excluding hydrogens is 373 g/mol. The molecule has 1 aromatic rings. The Morgan fingerprint density at radius 3 is 2.45 bits per heavy atom. The number of ether oxygens (including phenoxy) is 1. The van der Waals surface area contributed by atoms with E-state index in [1.165, 1.54) is 12.3 Å². The maximum atomic E-state index is 11.4. The van der Waals surface area contributed by atoms with E-state index >= 15 is 0 Å². The molecule has 0 radical (unpaired) electrons. The van der Waals surface area contributed by atoms with Gasteiger partial charge in [0, 0.05) is 11.5 Å². The van der Waals surface area contributed by atoms with Crippen LogP contribution in [0.1, 0.15) is 40.3 Å². The number of alkyl halides is 3. The van der Waals surface area contributed by atoms with Crippen molar-refractivity contribution in [3.05, 3.63) is 29.1 Å². The molecule has 20 heavy (non-hydrogen) atoms. The van der Waals surface area contributed by atoms with E-state index < -0.39 is 11.9 Å². The second kappa shape index (κ2) is 9.96. The highest BCUT2D eigenvalue weighted by Crippen LogP contribution is 2.13. The lowest BCUT2D eigenvalue weighted by molar-refractivity contribution is 0.0507. The van der Waals surface area contributed by atoms with Crippen LogP contribution in [0, 0.1) is 0 Å². The molecule has 1 heterocycles. The molecule has 0 aliphatic heterocycles. The number of rotatable bonds is 4. The van der Waals surface area contributed by atoms with Crippen molar-refractivity contribution in [1.82, 2.24) is 4.98 Å². The van der Waals surface area contributed by atoms with Crippen LogP contribution in [-0.4, -0.2) is 33.5 Å². The monoisotopic (exact) mass is 385 g/mol. The maximum Gasteiger partial charge on any atom is 0.357 e. The van der Waals surface area contributed by atoms with Crippen LogP contribution < -0.4 is 0 Å². The molecule has 1 N–H and O–H groups in total. The number of esters is 1. The predicted octanol–water partition coefficient (Wildman–Crippen LogP) is 3.66.